The summed E-state index contributed by atoms with van der Waals surface area (Å²) in [7, 11) is 0. The highest BCUT2D eigenvalue weighted by molar-refractivity contribution is 7.09. The number of carbonyl (C=O) groups is 1. The second-order valence-electron chi connectivity index (χ2n) is 7.24. The van der Waals surface area contributed by atoms with Crippen molar-refractivity contribution in [1.29, 1.82) is 0 Å². The molecule has 1 aliphatic heterocycles. The number of thiazole rings is 1. The highest BCUT2D eigenvalue weighted by Crippen LogP contribution is 2.27. The Kier molecular flexibility index (Phi) is 5.84. The summed E-state index contributed by atoms with van der Waals surface area (Å²) < 4.78 is 0. The number of rotatable bonds is 5. The van der Waals surface area contributed by atoms with E-state index in [0.29, 0.717) is 0 Å². The number of piperazine rings is 1. The second-order valence-corrected chi connectivity index (χ2v) is 8.18. The predicted molar refractivity (Wildman–Crippen MR) is 113 cm³/mol. The summed E-state index contributed by atoms with van der Waals surface area (Å²) in [5, 5.41) is 3.25. The van der Waals surface area contributed by atoms with Crippen molar-refractivity contribution in [1.82, 2.24) is 14.8 Å². The van der Waals surface area contributed by atoms with Gasteiger partial charge in [-0.15, -0.1) is 11.3 Å². The van der Waals surface area contributed by atoms with Gasteiger partial charge in [-0.25, -0.2) is 4.98 Å². The third-order valence-electron chi connectivity index (χ3n) is 5.22. The van der Waals surface area contributed by atoms with Gasteiger partial charge in [-0.1, -0.05) is 60.7 Å². The van der Waals surface area contributed by atoms with Crippen molar-refractivity contribution >= 4 is 17.2 Å². The molecule has 1 fully saturated rings. The Morgan fingerprint density at radius 1 is 0.964 bits per heavy atom. The van der Waals surface area contributed by atoms with Gasteiger partial charge in [0, 0.05) is 37.3 Å². The van der Waals surface area contributed by atoms with E-state index in [2.05, 4.69) is 39.5 Å². The van der Waals surface area contributed by atoms with Crippen molar-refractivity contribution in [2.24, 2.45) is 0 Å². The number of carbonyl (C=O) groups excluding carboxylic acids is 1. The molecule has 4 rings (SSSR count). The molecule has 144 valence electrons. The van der Waals surface area contributed by atoms with Gasteiger partial charge >= 0.3 is 0 Å². The van der Waals surface area contributed by atoms with Crippen LogP contribution in [0.15, 0.2) is 66.0 Å². The van der Waals surface area contributed by atoms with Gasteiger partial charge in [0.05, 0.1) is 12.5 Å². The maximum absolute atomic E-state index is 13.5. The first-order valence-electron chi connectivity index (χ1n) is 9.73. The van der Waals surface area contributed by atoms with Gasteiger partial charge in [0.15, 0.2) is 0 Å². The van der Waals surface area contributed by atoms with Crippen LogP contribution in [0, 0.1) is 6.92 Å². The van der Waals surface area contributed by atoms with Crippen LogP contribution < -0.4 is 0 Å². The SMILES string of the molecule is Cc1csc(CN2CCN(C(=O)C(c3ccccc3)c3ccccc3)CC2)n1. The zero-order chi connectivity index (χ0) is 19.3. The molecule has 0 spiro atoms. The zero-order valence-corrected chi connectivity index (χ0v) is 16.9. The molecule has 3 aromatic rings. The van der Waals surface area contributed by atoms with Gasteiger partial charge < -0.3 is 4.90 Å². The molecule has 0 unspecified atom stereocenters. The number of nitrogens with zero attached hydrogens (tertiary/aromatic N) is 3. The standard InChI is InChI=1S/C23H25N3OS/c1-18-17-28-21(24-18)16-25-12-14-26(15-13-25)23(27)22(19-8-4-2-5-9-19)20-10-6-3-7-11-20/h2-11,17,22H,12-16H2,1H3. The summed E-state index contributed by atoms with van der Waals surface area (Å²) in [6, 6.07) is 20.2. The Hall–Kier alpha value is -2.50. The van der Waals surface area contributed by atoms with Crippen molar-refractivity contribution in [3.63, 3.8) is 0 Å². The van der Waals surface area contributed by atoms with Gasteiger partial charge in [-0.05, 0) is 18.1 Å². The molecule has 0 saturated carbocycles. The lowest BCUT2D eigenvalue weighted by Crippen LogP contribution is -2.49. The third kappa shape index (κ3) is 4.32. The molecule has 1 aromatic heterocycles. The third-order valence-corrected chi connectivity index (χ3v) is 6.17. The minimum absolute atomic E-state index is 0.196. The van der Waals surface area contributed by atoms with Crippen molar-refractivity contribution in [2.75, 3.05) is 26.2 Å². The first-order valence-corrected chi connectivity index (χ1v) is 10.6. The minimum Gasteiger partial charge on any atom is -0.339 e. The first kappa shape index (κ1) is 18.8. The van der Waals surface area contributed by atoms with Crippen molar-refractivity contribution in [3.8, 4) is 0 Å². The maximum Gasteiger partial charge on any atom is 0.234 e. The fourth-order valence-corrected chi connectivity index (χ4v) is 4.56. The monoisotopic (exact) mass is 391 g/mol. The summed E-state index contributed by atoms with van der Waals surface area (Å²) in [4.78, 5) is 22.4. The van der Waals surface area contributed by atoms with Crippen molar-refractivity contribution in [2.45, 2.75) is 19.4 Å². The molecule has 0 N–H and O–H groups in total. The van der Waals surface area contributed by atoms with Crippen LogP contribution in [0.1, 0.15) is 27.7 Å². The smallest absolute Gasteiger partial charge is 0.234 e. The normalized spacial score (nSPS) is 15.1. The van der Waals surface area contributed by atoms with Crippen LogP contribution in [0.2, 0.25) is 0 Å². The average molecular weight is 392 g/mol. The molecular formula is C23H25N3OS. The van der Waals surface area contributed by atoms with E-state index in [9.17, 15) is 4.79 Å². The predicted octanol–water partition coefficient (Wildman–Crippen LogP) is 3.93. The summed E-state index contributed by atoms with van der Waals surface area (Å²) >= 11 is 1.72. The van der Waals surface area contributed by atoms with Crippen LogP contribution in [-0.4, -0.2) is 46.9 Å². The highest BCUT2D eigenvalue weighted by Gasteiger charge is 2.29. The summed E-state index contributed by atoms with van der Waals surface area (Å²) in [6.45, 7) is 6.21. The molecule has 4 nitrogen and oxygen atoms in total. The molecule has 2 heterocycles. The second kappa shape index (κ2) is 8.67. The molecule has 5 heteroatoms. The van der Waals surface area contributed by atoms with E-state index >= 15 is 0 Å². The van der Waals surface area contributed by atoms with E-state index in [4.69, 9.17) is 0 Å². The van der Waals surface area contributed by atoms with E-state index in [-0.39, 0.29) is 11.8 Å². The van der Waals surface area contributed by atoms with Crippen LogP contribution in [0.25, 0.3) is 0 Å². The average Bonchev–Trinajstić information content (AvgIpc) is 3.15. The first-order chi connectivity index (χ1) is 13.7. The van der Waals surface area contributed by atoms with Gasteiger partial charge in [-0.2, -0.15) is 0 Å². The number of hydrogen-bond acceptors (Lipinski definition) is 4. The van der Waals surface area contributed by atoms with Crippen LogP contribution in [0.5, 0.6) is 0 Å². The molecule has 0 aliphatic carbocycles. The Bertz CT molecular complexity index is 862. The van der Waals surface area contributed by atoms with E-state index in [0.717, 1.165) is 54.6 Å². The molecule has 28 heavy (non-hydrogen) atoms. The number of benzene rings is 2. The molecule has 1 amide bonds. The van der Waals surface area contributed by atoms with E-state index in [1.54, 1.807) is 11.3 Å². The van der Waals surface area contributed by atoms with Gasteiger partial charge in [0.2, 0.25) is 5.91 Å². The molecule has 0 radical (unpaired) electrons. The Morgan fingerprint density at radius 2 is 1.54 bits per heavy atom. The minimum atomic E-state index is -0.240. The molecule has 1 saturated heterocycles. The van der Waals surface area contributed by atoms with Gasteiger partial charge in [0.1, 0.15) is 5.01 Å². The van der Waals surface area contributed by atoms with Crippen LogP contribution in [0.3, 0.4) is 0 Å². The molecular weight excluding hydrogens is 366 g/mol. The fourth-order valence-electron chi connectivity index (χ4n) is 3.74. The number of aromatic nitrogens is 1. The van der Waals surface area contributed by atoms with Crippen molar-refractivity contribution < 1.29 is 4.79 Å². The van der Waals surface area contributed by atoms with E-state index in [1.807, 2.05) is 48.2 Å². The largest absolute Gasteiger partial charge is 0.339 e. The van der Waals surface area contributed by atoms with Crippen LogP contribution in [0.4, 0.5) is 0 Å². The maximum atomic E-state index is 13.5. The van der Waals surface area contributed by atoms with Crippen LogP contribution in [-0.2, 0) is 11.3 Å². The van der Waals surface area contributed by atoms with E-state index in [1.165, 1.54) is 0 Å². The summed E-state index contributed by atoms with van der Waals surface area (Å²) in [5.41, 5.74) is 3.20. The molecule has 0 atom stereocenters. The number of aryl methyl sites for hydroxylation is 1. The Labute approximate surface area is 170 Å². The summed E-state index contributed by atoms with van der Waals surface area (Å²) in [5.74, 6) is -0.0438. The lowest BCUT2D eigenvalue weighted by Gasteiger charge is -2.36. The van der Waals surface area contributed by atoms with Crippen molar-refractivity contribution in [3.05, 3.63) is 87.9 Å². The number of hydrogen-bond donors (Lipinski definition) is 0. The Morgan fingerprint density at radius 3 is 2.04 bits per heavy atom. The Balaban J connectivity index is 1.46. The lowest BCUT2D eigenvalue weighted by molar-refractivity contribution is -0.133. The number of amides is 1. The van der Waals surface area contributed by atoms with Gasteiger partial charge in [0.25, 0.3) is 0 Å². The molecule has 1 aliphatic rings. The lowest BCUT2D eigenvalue weighted by atomic mass is 9.90. The molecule has 0 bridgehead atoms. The zero-order valence-electron chi connectivity index (χ0n) is 16.1. The fraction of sp³-hybridized carbons (Fsp3) is 0.304. The summed E-state index contributed by atoms with van der Waals surface area (Å²) in [6.07, 6.45) is 0. The topological polar surface area (TPSA) is 36.4 Å². The van der Waals surface area contributed by atoms with Gasteiger partial charge in [-0.3, -0.25) is 9.69 Å². The van der Waals surface area contributed by atoms with E-state index < -0.39 is 0 Å². The molecule has 2 aromatic carbocycles. The van der Waals surface area contributed by atoms with Crippen LogP contribution >= 0.6 is 11.3 Å². The highest BCUT2D eigenvalue weighted by atomic mass is 32.1. The quantitative estimate of drug-likeness (QED) is 0.661.